The van der Waals surface area contributed by atoms with Gasteiger partial charge in [-0.15, -0.1) is 0 Å². The Morgan fingerprint density at radius 2 is 2.00 bits per heavy atom. The third-order valence-electron chi connectivity index (χ3n) is 2.67. The second-order valence-corrected chi connectivity index (χ2v) is 4.83. The van der Waals surface area contributed by atoms with Crippen molar-refractivity contribution in [1.82, 2.24) is 0 Å². The smallest absolute Gasteiger partial charge is 0.153 e. The molecule has 2 rings (SSSR count). The summed E-state index contributed by atoms with van der Waals surface area (Å²) in [5, 5.41) is 9.62. The molecule has 0 N–H and O–H groups in total. The Morgan fingerprint density at radius 3 is 2.70 bits per heavy atom. The van der Waals surface area contributed by atoms with Crippen molar-refractivity contribution in [2.45, 2.75) is 6.61 Å². The van der Waals surface area contributed by atoms with Crippen LogP contribution in [0.3, 0.4) is 0 Å². The highest BCUT2D eigenvalue weighted by Gasteiger charge is 2.11. The van der Waals surface area contributed by atoms with Crippen LogP contribution in [0.4, 0.5) is 0 Å². The lowest BCUT2D eigenvalue weighted by molar-refractivity contribution is 0.111. The second-order valence-electron chi connectivity index (χ2n) is 3.98. The van der Waals surface area contributed by atoms with Gasteiger partial charge in [0, 0.05) is 10.6 Å². The molecular formula is C15H9Cl2NO2. The van der Waals surface area contributed by atoms with E-state index in [1.165, 1.54) is 12.1 Å². The molecule has 3 nitrogen and oxygen atoms in total. The Morgan fingerprint density at radius 1 is 1.25 bits per heavy atom. The molecule has 0 atom stereocenters. The molecule has 2 aromatic carbocycles. The predicted molar refractivity (Wildman–Crippen MR) is 77.3 cm³/mol. The number of benzene rings is 2. The monoisotopic (exact) mass is 305 g/mol. The average Bonchev–Trinajstić information content (AvgIpc) is 2.45. The van der Waals surface area contributed by atoms with Gasteiger partial charge in [-0.2, -0.15) is 5.26 Å². The van der Waals surface area contributed by atoms with Crippen molar-refractivity contribution in [3.8, 4) is 11.8 Å². The van der Waals surface area contributed by atoms with Crippen molar-refractivity contribution in [3.63, 3.8) is 0 Å². The van der Waals surface area contributed by atoms with Gasteiger partial charge in [-0.05, 0) is 18.2 Å². The van der Waals surface area contributed by atoms with Crippen LogP contribution in [0.1, 0.15) is 21.5 Å². The Balaban J connectivity index is 2.28. The van der Waals surface area contributed by atoms with Crippen LogP contribution >= 0.6 is 23.2 Å². The van der Waals surface area contributed by atoms with Crippen molar-refractivity contribution >= 4 is 29.5 Å². The van der Waals surface area contributed by atoms with Gasteiger partial charge in [-0.3, -0.25) is 4.79 Å². The van der Waals surface area contributed by atoms with E-state index in [0.29, 0.717) is 16.9 Å². The van der Waals surface area contributed by atoms with Crippen molar-refractivity contribution in [2.24, 2.45) is 0 Å². The maximum absolute atomic E-state index is 11.0. The average molecular weight is 306 g/mol. The molecule has 20 heavy (non-hydrogen) atoms. The molecule has 0 aliphatic rings. The van der Waals surface area contributed by atoms with Gasteiger partial charge >= 0.3 is 0 Å². The Kier molecular flexibility index (Phi) is 4.62. The predicted octanol–water partition coefficient (Wildman–Crippen LogP) is 4.26. The highest BCUT2D eigenvalue weighted by Crippen LogP contribution is 2.32. The zero-order chi connectivity index (χ0) is 14.5. The van der Waals surface area contributed by atoms with E-state index in [9.17, 15) is 4.79 Å². The first-order valence-electron chi connectivity index (χ1n) is 5.70. The summed E-state index contributed by atoms with van der Waals surface area (Å²) in [7, 11) is 0. The van der Waals surface area contributed by atoms with Gasteiger partial charge in [0.2, 0.25) is 0 Å². The van der Waals surface area contributed by atoms with E-state index in [2.05, 4.69) is 6.07 Å². The lowest BCUT2D eigenvalue weighted by atomic mass is 10.1. The molecule has 0 saturated carbocycles. The van der Waals surface area contributed by atoms with E-state index in [1.54, 1.807) is 18.2 Å². The Labute approximate surface area is 126 Å². The van der Waals surface area contributed by atoms with Crippen LogP contribution in [-0.2, 0) is 6.61 Å². The number of aldehydes is 1. The van der Waals surface area contributed by atoms with Crippen LogP contribution < -0.4 is 4.74 Å². The summed E-state index contributed by atoms with van der Waals surface area (Å²) in [5.74, 6) is 0.263. The molecular weight excluding hydrogens is 297 g/mol. The fourth-order valence-electron chi connectivity index (χ4n) is 1.73. The zero-order valence-electron chi connectivity index (χ0n) is 10.3. The van der Waals surface area contributed by atoms with Gasteiger partial charge in [0.05, 0.1) is 22.2 Å². The summed E-state index contributed by atoms with van der Waals surface area (Å²) < 4.78 is 5.57. The molecule has 0 unspecified atom stereocenters. The van der Waals surface area contributed by atoms with Crippen molar-refractivity contribution in [2.75, 3.05) is 0 Å². The zero-order valence-corrected chi connectivity index (χ0v) is 11.8. The third-order valence-corrected chi connectivity index (χ3v) is 3.17. The van der Waals surface area contributed by atoms with Crippen LogP contribution in [0.5, 0.6) is 5.75 Å². The number of hydrogen-bond donors (Lipinski definition) is 0. The molecule has 0 heterocycles. The minimum Gasteiger partial charge on any atom is -0.487 e. The van der Waals surface area contributed by atoms with Crippen molar-refractivity contribution in [1.29, 1.82) is 5.26 Å². The number of nitriles is 1. The van der Waals surface area contributed by atoms with Crippen LogP contribution in [0.25, 0.3) is 0 Å². The molecule has 0 aliphatic heterocycles. The Hall–Kier alpha value is -2.02. The molecule has 0 spiro atoms. The molecule has 0 amide bonds. The first-order chi connectivity index (χ1) is 9.65. The van der Waals surface area contributed by atoms with Crippen LogP contribution in [0.2, 0.25) is 10.0 Å². The quantitative estimate of drug-likeness (QED) is 0.793. The van der Waals surface area contributed by atoms with E-state index in [4.69, 9.17) is 33.2 Å². The van der Waals surface area contributed by atoms with Crippen LogP contribution in [0, 0.1) is 11.3 Å². The number of nitrogens with zero attached hydrogens (tertiary/aromatic N) is 1. The molecule has 0 fully saturated rings. The van der Waals surface area contributed by atoms with Gasteiger partial charge in [0.15, 0.2) is 6.29 Å². The molecule has 0 saturated heterocycles. The fraction of sp³-hybridized carbons (Fsp3) is 0.0667. The molecule has 0 aliphatic carbocycles. The number of carbonyl (C=O) groups is 1. The van der Waals surface area contributed by atoms with Crippen LogP contribution in [0.15, 0.2) is 36.4 Å². The summed E-state index contributed by atoms with van der Waals surface area (Å²) in [6, 6.07) is 12.1. The maximum Gasteiger partial charge on any atom is 0.153 e. The minimum absolute atomic E-state index is 0.145. The molecule has 0 aromatic heterocycles. The normalized spacial score (nSPS) is 9.85. The maximum atomic E-state index is 11.0. The first kappa shape index (κ1) is 14.4. The van der Waals surface area contributed by atoms with E-state index >= 15 is 0 Å². The van der Waals surface area contributed by atoms with Gasteiger partial charge in [-0.1, -0.05) is 41.4 Å². The summed E-state index contributed by atoms with van der Waals surface area (Å²) in [6.45, 7) is 0.145. The third kappa shape index (κ3) is 3.11. The Bertz CT molecular complexity index is 693. The van der Waals surface area contributed by atoms with E-state index in [0.717, 1.165) is 5.56 Å². The number of ether oxygens (including phenoxy) is 1. The number of carbonyl (C=O) groups excluding carboxylic acids is 1. The lowest BCUT2D eigenvalue weighted by Gasteiger charge is -2.11. The molecule has 5 heteroatoms. The summed E-state index contributed by atoms with van der Waals surface area (Å²) in [4.78, 5) is 11.0. The van der Waals surface area contributed by atoms with Gasteiger partial charge in [0.25, 0.3) is 0 Å². The fourth-order valence-corrected chi connectivity index (χ4v) is 2.29. The van der Waals surface area contributed by atoms with Gasteiger partial charge in [0.1, 0.15) is 12.4 Å². The van der Waals surface area contributed by atoms with Crippen LogP contribution in [-0.4, -0.2) is 6.29 Å². The second kappa shape index (κ2) is 6.42. The number of halogens is 2. The molecule has 0 bridgehead atoms. The van der Waals surface area contributed by atoms with Gasteiger partial charge < -0.3 is 4.74 Å². The summed E-state index contributed by atoms with van der Waals surface area (Å²) in [6.07, 6.45) is 0.628. The largest absolute Gasteiger partial charge is 0.487 e. The minimum atomic E-state index is 0.145. The van der Waals surface area contributed by atoms with E-state index in [1.807, 2.05) is 6.07 Å². The van der Waals surface area contributed by atoms with E-state index in [-0.39, 0.29) is 22.9 Å². The first-order valence-corrected chi connectivity index (χ1v) is 6.46. The standard InChI is InChI=1S/C15H9Cl2NO2/c16-13-5-12(8-19)15(14(17)6-13)20-9-11-4-2-1-3-10(11)7-18/h1-6,8H,9H2. The van der Waals surface area contributed by atoms with Crippen molar-refractivity contribution in [3.05, 3.63) is 63.1 Å². The SMILES string of the molecule is N#Cc1ccccc1COc1c(Cl)cc(Cl)cc1C=O. The summed E-state index contributed by atoms with van der Waals surface area (Å²) in [5.41, 5.74) is 1.51. The van der Waals surface area contributed by atoms with Crippen molar-refractivity contribution < 1.29 is 9.53 Å². The molecule has 0 radical (unpaired) electrons. The number of rotatable bonds is 4. The lowest BCUT2D eigenvalue weighted by Crippen LogP contribution is -2.01. The van der Waals surface area contributed by atoms with Gasteiger partial charge in [-0.25, -0.2) is 0 Å². The summed E-state index contributed by atoms with van der Waals surface area (Å²) >= 11 is 11.8. The topological polar surface area (TPSA) is 50.1 Å². The van der Waals surface area contributed by atoms with E-state index < -0.39 is 0 Å². The number of hydrogen-bond acceptors (Lipinski definition) is 3. The molecule has 2 aromatic rings. The highest BCUT2D eigenvalue weighted by molar-refractivity contribution is 6.36. The molecule has 100 valence electrons. The highest BCUT2D eigenvalue weighted by atomic mass is 35.5.